The number of hydrogen-bond acceptors (Lipinski definition) is 0. The number of halogens is 2. The zero-order chi connectivity index (χ0) is 23.8. The fourth-order valence-corrected chi connectivity index (χ4v) is 7.93. The van der Waals surface area contributed by atoms with Crippen LogP contribution in [0.3, 0.4) is 0 Å². The Bertz CT molecular complexity index is 1230. The molecular weight excluding hydrogens is 575 g/mol. The van der Waals surface area contributed by atoms with Gasteiger partial charge in [0.05, 0.1) is 0 Å². The number of hydrogen-bond donors (Lipinski definition) is 0. The molecule has 0 fully saturated rings. The van der Waals surface area contributed by atoms with E-state index >= 15 is 0 Å². The van der Waals surface area contributed by atoms with Crippen LogP contribution >= 0.6 is 0 Å². The van der Waals surface area contributed by atoms with Crippen molar-refractivity contribution in [1.29, 1.82) is 0 Å². The molecule has 0 heterocycles. The summed E-state index contributed by atoms with van der Waals surface area (Å²) < 4.78 is 0. The first kappa shape index (κ1) is 30.3. The third kappa shape index (κ3) is 8.29. The third-order valence-corrected chi connectivity index (χ3v) is 11.9. The van der Waals surface area contributed by atoms with Crippen LogP contribution in [0.25, 0.3) is 11.1 Å². The van der Waals surface area contributed by atoms with Crippen LogP contribution < -0.4 is 35.2 Å². The van der Waals surface area contributed by atoms with E-state index in [1.807, 2.05) is 12.2 Å². The average molecular weight is 603 g/mol. The Hall–Kier alpha value is -1.96. The SMILES string of the molecule is Cc1[c-]c2c(cc1)-c1ccc(C)cc1C2.[C-]1=CC=CC1.[Cl-].[Cl-].[Zr+2]=[Si](c1ccccc1)c1ccccc1. The van der Waals surface area contributed by atoms with Crippen molar-refractivity contribution in [2.45, 2.75) is 26.7 Å². The fraction of sp³-hybridized carbons (Fsp3) is 0.125. The summed E-state index contributed by atoms with van der Waals surface area (Å²) in [5.41, 5.74) is 7.70. The Morgan fingerprint density at radius 1 is 0.750 bits per heavy atom. The second-order valence-electron chi connectivity index (χ2n) is 8.48. The minimum absolute atomic E-state index is 0. The quantitative estimate of drug-likeness (QED) is 0.202. The van der Waals surface area contributed by atoms with Gasteiger partial charge in [-0.25, -0.2) is 12.2 Å². The molecule has 0 spiro atoms. The predicted octanol–water partition coefficient (Wildman–Crippen LogP) is 0.328. The number of rotatable bonds is 2. The zero-order valence-corrected chi connectivity index (χ0v) is 25.5. The molecule has 0 saturated heterocycles. The summed E-state index contributed by atoms with van der Waals surface area (Å²) in [5, 5.41) is 3.03. The van der Waals surface area contributed by atoms with E-state index in [2.05, 4.69) is 123 Å². The number of aryl methyl sites for hydroxylation is 2. The summed E-state index contributed by atoms with van der Waals surface area (Å²) in [5.74, 6) is 0. The van der Waals surface area contributed by atoms with Crippen molar-refractivity contribution in [3.05, 3.63) is 144 Å². The van der Waals surface area contributed by atoms with Crippen LogP contribution in [-0.2, 0) is 29.8 Å². The van der Waals surface area contributed by atoms with Gasteiger partial charge in [0.2, 0.25) is 0 Å². The second-order valence-corrected chi connectivity index (χ2v) is 14.1. The standard InChI is InChI=1S/C15H13.C12H10Si.C5H5.2ClH.Zr/c1-10-3-5-14-12(7-10)9-13-8-11(2)4-6-15(13)14;1-3-7-11(8-4-1)13-12-9-5-2-6-10-12;1-2-4-5-3-1;;;/h3-7H,9H2,1-2H3;1-10H;1-3H,4H2;2*1H;/q-1;;-1;;;+2/p-2. The van der Waals surface area contributed by atoms with E-state index in [4.69, 9.17) is 0 Å². The van der Waals surface area contributed by atoms with Crippen molar-refractivity contribution < 1.29 is 48.1 Å². The summed E-state index contributed by atoms with van der Waals surface area (Å²) in [6.45, 7) is 4.26. The van der Waals surface area contributed by atoms with E-state index in [-0.39, 0.29) is 24.8 Å². The van der Waals surface area contributed by atoms with Crippen LogP contribution in [-0.4, -0.2) is 5.43 Å². The molecule has 0 saturated carbocycles. The average Bonchev–Trinajstić information content (AvgIpc) is 3.56. The summed E-state index contributed by atoms with van der Waals surface area (Å²) in [6.07, 6.45) is 11.0. The van der Waals surface area contributed by atoms with E-state index in [1.165, 1.54) is 43.8 Å². The molecule has 36 heavy (non-hydrogen) atoms. The van der Waals surface area contributed by atoms with Crippen LogP contribution in [0.2, 0.25) is 0 Å². The van der Waals surface area contributed by atoms with Crippen LogP contribution in [0, 0.1) is 26.0 Å². The van der Waals surface area contributed by atoms with Gasteiger partial charge in [0.1, 0.15) is 0 Å². The van der Waals surface area contributed by atoms with Crippen molar-refractivity contribution in [1.82, 2.24) is 0 Å². The van der Waals surface area contributed by atoms with Gasteiger partial charge in [0, 0.05) is 0 Å². The Balaban J connectivity index is 0.000000204. The van der Waals surface area contributed by atoms with E-state index < -0.39 is 5.43 Å². The van der Waals surface area contributed by atoms with Gasteiger partial charge < -0.3 is 24.8 Å². The molecule has 4 heteroatoms. The topological polar surface area (TPSA) is 0 Å². The minimum atomic E-state index is -0.455. The number of benzene rings is 4. The van der Waals surface area contributed by atoms with E-state index in [0.29, 0.717) is 0 Å². The normalized spacial score (nSPS) is 11.4. The molecule has 0 atom stereocenters. The number of allylic oxidation sites excluding steroid dienone is 4. The summed E-state index contributed by atoms with van der Waals surface area (Å²) in [4.78, 5) is 0. The first-order chi connectivity index (χ1) is 16.6. The molecule has 0 radical (unpaired) electrons. The van der Waals surface area contributed by atoms with Crippen molar-refractivity contribution in [3.63, 3.8) is 0 Å². The van der Waals surface area contributed by atoms with Gasteiger partial charge in [-0.1, -0.05) is 36.2 Å². The third-order valence-electron chi connectivity index (χ3n) is 5.80. The number of fused-ring (bicyclic) bond motifs is 3. The van der Waals surface area contributed by atoms with Gasteiger partial charge in [-0.15, -0.1) is 17.5 Å². The van der Waals surface area contributed by atoms with Gasteiger partial charge in [0.15, 0.2) is 0 Å². The molecule has 0 bridgehead atoms. The van der Waals surface area contributed by atoms with E-state index in [0.717, 1.165) is 12.8 Å². The molecule has 0 nitrogen and oxygen atoms in total. The summed E-state index contributed by atoms with van der Waals surface area (Å²) >= 11 is 1.64. The fourth-order valence-electron chi connectivity index (χ4n) is 4.09. The zero-order valence-electron chi connectivity index (χ0n) is 20.6. The van der Waals surface area contributed by atoms with Crippen LogP contribution in [0.5, 0.6) is 0 Å². The maximum absolute atomic E-state index is 3.45. The maximum atomic E-state index is 3.45. The van der Waals surface area contributed by atoms with E-state index in [1.54, 1.807) is 23.3 Å². The van der Waals surface area contributed by atoms with Crippen molar-refractivity contribution in [2.75, 3.05) is 0 Å². The summed E-state index contributed by atoms with van der Waals surface area (Å²) in [6, 6.07) is 36.2. The Kier molecular flexibility index (Phi) is 12.9. The van der Waals surface area contributed by atoms with Gasteiger partial charge in [-0.3, -0.25) is 6.08 Å². The molecule has 2 aliphatic rings. The van der Waals surface area contributed by atoms with Gasteiger partial charge in [0.25, 0.3) is 0 Å². The Morgan fingerprint density at radius 3 is 1.89 bits per heavy atom. The molecule has 2 aliphatic carbocycles. The van der Waals surface area contributed by atoms with E-state index in [9.17, 15) is 0 Å². The van der Waals surface area contributed by atoms with Gasteiger partial charge >= 0.3 is 99.8 Å². The summed E-state index contributed by atoms with van der Waals surface area (Å²) in [7, 11) is 0. The first-order valence-corrected chi connectivity index (χ1v) is 16.8. The first-order valence-electron chi connectivity index (χ1n) is 11.6. The molecule has 0 N–H and O–H groups in total. The second kappa shape index (κ2) is 15.3. The molecule has 0 amide bonds. The van der Waals surface area contributed by atoms with Gasteiger partial charge in [-0.05, 0) is 18.9 Å². The van der Waals surface area contributed by atoms with Crippen molar-refractivity contribution in [3.8, 4) is 11.1 Å². The van der Waals surface area contributed by atoms with Crippen molar-refractivity contribution >= 4 is 15.8 Å². The molecule has 4 aromatic rings. The molecule has 0 unspecified atom stereocenters. The monoisotopic (exact) mass is 600 g/mol. The Labute approximate surface area is 243 Å². The molecule has 6 rings (SSSR count). The molecule has 0 aliphatic heterocycles. The van der Waals surface area contributed by atoms with Crippen LogP contribution in [0.15, 0.2) is 109 Å². The molecular formula is C32H28Cl2SiZr-2. The Morgan fingerprint density at radius 2 is 1.36 bits per heavy atom. The molecule has 4 aromatic carbocycles. The van der Waals surface area contributed by atoms with Crippen molar-refractivity contribution in [2.24, 2.45) is 0 Å². The molecule has 0 aromatic heterocycles. The van der Waals surface area contributed by atoms with Crippen LogP contribution in [0.1, 0.15) is 28.7 Å². The van der Waals surface area contributed by atoms with Gasteiger partial charge in [-0.2, -0.15) is 29.8 Å². The molecule has 180 valence electrons. The predicted molar refractivity (Wildman–Crippen MR) is 142 cm³/mol. The van der Waals surface area contributed by atoms with Crippen LogP contribution in [0.4, 0.5) is 0 Å².